The van der Waals surface area contributed by atoms with Crippen LogP contribution in [0.1, 0.15) is 24.2 Å². The van der Waals surface area contributed by atoms with Gasteiger partial charge >= 0.3 is 0 Å². The second-order valence-electron chi connectivity index (χ2n) is 3.77. The molecule has 0 aliphatic heterocycles. The zero-order chi connectivity index (χ0) is 13.2. The summed E-state index contributed by atoms with van der Waals surface area (Å²) < 4.78 is 0. The van der Waals surface area contributed by atoms with Gasteiger partial charge in [-0.15, -0.1) is 0 Å². The molecule has 7 heteroatoms. The van der Waals surface area contributed by atoms with Crippen molar-refractivity contribution in [2.24, 2.45) is 5.92 Å². The zero-order valence-corrected chi connectivity index (χ0v) is 9.25. The van der Waals surface area contributed by atoms with Gasteiger partial charge in [0.25, 0.3) is 11.4 Å². The van der Waals surface area contributed by atoms with Gasteiger partial charge in [0.15, 0.2) is 5.78 Å². The molecule has 0 radical (unpaired) electrons. The van der Waals surface area contributed by atoms with Crippen molar-refractivity contribution < 1.29 is 14.6 Å². The monoisotopic (exact) mass is 238 g/mol. The number of hydrogen-bond acceptors (Lipinski definition) is 5. The fraction of sp³-hybridized carbons (Fsp3) is 0.300. The molecule has 1 aromatic carbocycles. The molecule has 0 aromatic heterocycles. The lowest BCUT2D eigenvalue weighted by molar-refractivity contribution is -0.394. The summed E-state index contributed by atoms with van der Waals surface area (Å²) in [6.07, 6.45) is 0. The molecule has 0 fully saturated rings. The lowest BCUT2D eigenvalue weighted by Crippen LogP contribution is -2.08. The van der Waals surface area contributed by atoms with E-state index >= 15 is 0 Å². The highest BCUT2D eigenvalue weighted by molar-refractivity contribution is 5.98. The fourth-order valence-electron chi connectivity index (χ4n) is 1.28. The predicted octanol–water partition coefficient (Wildman–Crippen LogP) is 2.34. The topological polar surface area (TPSA) is 103 Å². The van der Waals surface area contributed by atoms with E-state index in [0.717, 1.165) is 18.2 Å². The van der Waals surface area contributed by atoms with Crippen LogP contribution in [0.25, 0.3) is 0 Å². The van der Waals surface area contributed by atoms with Crippen LogP contribution >= 0.6 is 0 Å². The highest BCUT2D eigenvalue weighted by Gasteiger charge is 2.20. The number of carbonyl (C=O) groups is 1. The van der Waals surface area contributed by atoms with Gasteiger partial charge in [-0.3, -0.25) is 25.0 Å². The molecule has 17 heavy (non-hydrogen) atoms. The van der Waals surface area contributed by atoms with Crippen LogP contribution in [-0.2, 0) is 0 Å². The standard InChI is InChI=1S/C10H10N2O5/c1-6(2)10(13)7-3-8(11(14)15)5-9(4-7)12(16)17/h3-6H,1-2H3. The minimum absolute atomic E-state index is 0.0131. The molecule has 0 saturated carbocycles. The number of nitro benzene ring substituents is 2. The Balaban J connectivity index is 3.36. The van der Waals surface area contributed by atoms with Crippen LogP contribution in [0.2, 0.25) is 0 Å². The van der Waals surface area contributed by atoms with Crippen molar-refractivity contribution in [1.82, 2.24) is 0 Å². The third-order valence-corrected chi connectivity index (χ3v) is 2.13. The summed E-state index contributed by atoms with van der Waals surface area (Å²) in [5, 5.41) is 21.2. The average molecular weight is 238 g/mol. The van der Waals surface area contributed by atoms with Gasteiger partial charge in [0.2, 0.25) is 0 Å². The Kier molecular flexibility index (Phi) is 3.52. The summed E-state index contributed by atoms with van der Waals surface area (Å²) in [6.45, 7) is 3.24. The van der Waals surface area contributed by atoms with Crippen LogP contribution in [0.15, 0.2) is 18.2 Å². The molecule has 1 aromatic rings. The number of rotatable bonds is 4. The molecule has 0 atom stereocenters. The van der Waals surface area contributed by atoms with Crippen LogP contribution in [0.4, 0.5) is 11.4 Å². The highest BCUT2D eigenvalue weighted by Crippen LogP contribution is 2.24. The smallest absolute Gasteiger partial charge is 0.277 e. The molecule has 1 rings (SSSR count). The minimum Gasteiger partial charge on any atom is -0.294 e. The van der Waals surface area contributed by atoms with Crippen LogP contribution in [0.3, 0.4) is 0 Å². The number of nitrogens with zero attached hydrogens (tertiary/aromatic N) is 2. The first-order valence-electron chi connectivity index (χ1n) is 4.81. The zero-order valence-electron chi connectivity index (χ0n) is 9.25. The maximum absolute atomic E-state index is 11.6. The summed E-state index contributed by atoms with van der Waals surface area (Å²) in [5.41, 5.74) is -0.924. The largest absolute Gasteiger partial charge is 0.294 e. The lowest BCUT2D eigenvalue weighted by Gasteiger charge is -2.03. The summed E-state index contributed by atoms with van der Waals surface area (Å²) in [5.74, 6) is -0.742. The van der Waals surface area contributed by atoms with Crippen molar-refractivity contribution in [2.45, 2.75) is 13.8 Å². The number of hydrogen-bond donors (Lipinski definition) is 0. The van der Waals surface area contributed by atoms with E-state index in [2.05, 4.69) is 0 Å². The number of nitro groups is 2. The van der Waals surface area contributed by atoms with Crippen LogP contribution in [0, 0.1) is 26.1 Å². The Bertz CT molecular complexity index is 463. The molecular formula is C10H10N2O5. The number of non-ortho nitro benzene ring substituents is 2. The normalized spacial score (nSPS) is 10.3. The minimum atomic E-state index is -0.760. The van der Waals surface area contributed by atoms with Gasteiger partial charge < -0.3 is 0 Å². The number of Topliss-reactive ketones (excluding diaryl/α,β-unsaturated/α-hetero) is 1. The van der Waals surface area contributed by atoms with Gasteiger partial charge in [0.05, 0.1) is 15.9 Å². The first-order chi connectivity index (χ1) is 7.82. The summed E-state index contributed by atoms with van der Waals surface area (Å²) >= 11 is 0. The number of ketones is 1. The van der Waals surface area contributed by atoms with E-state index in [9.17, 15) is 25.0 Å². The molecule has 0 bridgehead atoms. The van der Waals surface area contributed by atoms with E-state index < -0.39 is 21.2 Å². The van der Waals surface area contributed by atoms with E-state index in [1.807, 2.05) is 0 Å². The maximum atomic E-state index is 11.6. The van der Waals surface area contributed by atoms with Gasteiger partial charge in [0, 0.05) is 23.6 Å². The Morgan fingerprint density at radius 3 is 1.76 bits per heavy atom. The summed E-state index contributed by atoms with van der Waals surface area (Å²) in [7, 11) is 0. The first kappa shape index (κ1) is 12.8. The first-order valence-corrected chi connectivity index (χ1v) is 4.81. The SMILES string of the molecule is CC(C)C(=O)c1cc([N+](=O)[O-])cc([N+](=O)[O-])c1. The highest BCUT2D eigenvalue weighted by atomic mass is 16.6. The quantitative estimate of drug-likeness (QED) is 0.455. The molecule has 0 unspecified atom stereocenters. The second kappa shape index (κ2) is 4.69. The van der Waals surface area contributed by atoms with Gasteiger partial charge in [-0.25, -0.2) is 0 Å². The third kappa shape index (κ3) is 2.83. The predicted molar refractivity (Wildman–Crippen MR) is 58.9 cm³/mol. The van der Waals surface area contributed by atoms with Crippen LogP contribution < -0.4 is 0 Å². The average Bonchev–Trinajstić information content (AvgIpc) is 2.27. The molecule has 0 saturated heterocycles. The molecule has 0 aliphatic rings. The molecule has 0 spiro atoms. The molecule has 0 heterocycles. The van der Waals surface area contributed by atoms with Crippen molar-refractivity contribution in [1.29, 1.82) is 0 Å². The summed E-state index contributed by atoms with van der Waals surface area (Å²) in [4.78, 5) is 31.3. The number of benzene rings is 1. The Morgan fingerprint density at radius 2 is 1.47 bits per heavy atom. The fourth-order valence-corrected chi connectivity index (χ4v) is 1.28. The van der Waals surface area contributed by atoms with E-state index in [0.29, 0.717) is 0 Å². The van der Waals surface area contributed by atoms with Gasteiger partial charge in [-0.2, -0.15) is 0 Å². The second-order valence-corrected chi connectivity index (χ2v) is 3.77. The van der Waals surface area contributed by atoms with Gasteiger partial charge in [-0.05, 0) is 0 Å². The van der Waals surface area contributed by atoms with E-state index in [4.69, 9.17) is 0 Å². The van der Waals surface area contributed by atoms with Crippen molar-refractivity contribution in [2.75, 3.05) is 0 Å². The molecule has 0 amide bonds. The molecule has 0 aliphatic carbocycles. The molecule has 0 N–H and O–H groups in total. The van der Waals surface area contributed by atoms with E-state index in [-0.39, 0.29) is 17.3 Å². The molecule has 7 nitrogen and oxygen atoms in total. The van der Waals surface area contributed by atoms with Crippen molar-refractivity contribution in [3.05, 3.63) is 44.0 Å². The van der Waals surface area contributed by atoms with Gasteiger partial charge in [-0.1, -0.05) is 13.8 Å². The van der Waals surface area contributed by atoms with Crippen LogP contribution in [0.5, 0.6) is 0 Å². The summed E-state index contributed by atoms with van der Waals surface area (Å²) in [6, 6.07) is 2.93. The van der Waals surface area contributed by atoms with Crippen molar-refractivity contribution in [3.63, 3.8) is 0 Å². The maximum Gasteiger partial charge on any atom is 0.277 e. The molecule has 90 valence electrons. The van der Waals surface area contributed by atoms with E-state index in [1.54, 1.807) is 13.8 Å². The third-order valence-electron chi connectivity index (χ3n) is 2.13. The Labute approximate surface area is 96.4 Å². The lowest BCUT2D eigenvalue weighted by atomic mass is 10.0. The number of carbonyl (C=O) groups excluding carboxylic acids is 1. The Hall–Kier alpha value is -2.31. The van der Waals surface area contributed by atoms with Crippen molar-refractivity contribution in [3.8, 4) is 0 Å². The van der Waals surface area contributed by atoms with Crippen molar-refractivity contribution >= 4 is 17.2 Å². The van der Waals surface area contributed by atoms with Crippen LogP contribution in [-0.4, -0.2) is 15.6 Å². The molecular weight excluding hydrogens is 228 g/mol. The Morgan fingerprint density at radius 1 is 1.06 bits per heavy atom. The van der Waals surface area contributed by atoms with Gasteiger partial charge in [0.1, 0.15) is 0 Å². The van der Waals surface area contributed by atoms with E-state index in [1.165, 1.54) is 0 Å².